The van der Waals surface area contributed by atoms with Crippen LogP contribution in [0.2, 0.25) is 17.3 Å². The number of hydrogen-bond acceptors (Lipinski definition) is 3. The first-order valence-electron chi connectivity index (χ1n) is 17.4. The molecule has 0 amide bonds. The van der Waals surface area contributed by atoms with E-state index in [1.54, 1.807) is 10.5 Å². The van der Waals surface area contributed by atoms with Crippen molar-refractivity contribution in [3.05, 3.63) is 139 Å². The first kappa shape index (κ1) is 31.8. The van der Waals surface area contributed by atoms with E-state index in [2.05, 4.69) is 66.6 Å². The second-order valence-electron chi connectivity index (χ2n) is 13.1. The van der Waals surface area contributed by atoms with Gasteiger partial charge in [0.2, 0.25) is 0 Å². The van der Waals surface area contributed by atoms with Crippen LogP contribution in [0.25, 0.3) is 53.8 Å². The largest absolute Gasteiger partial charge is 0.304 e. The Labute approximate surface area is 308 Å². The maximum atomic E-state index is 14.7. The van der Waals surface area contributed by atoms with E-state index in [0.717, 1.165) is 38.0 Å². The zero-order chi connectivity index (χ0) is 35.6. The van der Waals surface area contributed by atoms with Crippen LogP contribution >= 0.6 is 11.3 Å². The van der Waals surface area contributed by atoms with Crippen molar-refractivity contribution in [3.63, 3.8) is 0 Å². The van der Waals surface area contributed by atoms with Crippen LogP contribution in [-0.2, 0) is 26.5 Å². The topological polar surface area (TPSA) is 25.8 Å². The summed E-state index contributed by atoms with van der Waals surface area (Å²) in [7, 11) is 0. The number of benzene rings is 4. The molecule has 0 aliphatic heterocycles. The molecule has 0 aliphatic carbocycles. The SMILES string of the molecule is CC(C)Cc1cc(-c2[c-]cccc2)nc[c]1[Ge]([CH3])([CH3])[CH3].[2H]C([2H])([2H])c1cnc(-c2[c-]cc(F)c3c2sc2ccccc23)cc1-c1ccccc1.[Ir]. The zero-order valence-corrected chi connectivity index (χ0v) is 33.0. The molecule has 2 nitrogen and oxygen atoms in total. The number of fused-ring (bicyclic) bond motifs is 3. The molecule has 48 heavy (non-hydrogen) atoms. The number of rotatable bonds is 6. The molecule has 7 aromatic rings. The van der Waals surface area contributed by atoms with Crippen LogP contribution in [0.4, 0.5) is 4.39 Å². The van der Waals surface area contributed by atoms with Crippen molar-refractivity contribution in [2.45, 2.75) is 44.4 Å². The van der Waals surface area contributed by atoms with E-state index in [0.29, 0.717) is 28.1 Å². The zero-order valence-electron chi connectivity index (χ0n) is 30.7. The van der Waals surface area contributed by atoms with E-state index in [1.807, 2.05) is 72.8 Å². The minimum atomic E-state index is -2.30. The molecule has 3 aromatic heterocycles. The van der Waals surface area contributed by atoms with Crippen molar-refractivity contribution in [1.29, 1.82) is 0 Å². The van der Waals surface area contributed by atoms with Crippen LogP contribution in [0.1, 0.15) is 29.1 Å². The number of hydrogen-bond donors (Lipinski definition) is 0. The van der Waals surface area contributed by atoms with Crippen LogP contribution in [0.15, 0.2) is 109 Å². The normalized spacial score (nSPS) is 12.5. The summed E-state index contributed by atoms with van der Waals surface area (Å²) in [5.74, 6) is 7.67. The number of aryl methyl sites for hydroxylation is 1. The van der Waals surface area contributed by atoms with Gasteiger partial charge in [-0.2, -0.15) is 11.3 Å². The standard InChI is InChI=1S/C24H15FNS.C18H24GeN.Ir/c1-15-14-26-21(13-19(15)16-7-3-2-4-8-16)17-11-12-20(25)23-18-9-5-6-10-22(18)27-24(17)23;1-14(2)11-16-12-18(15-9-7-6-8-10-15)20-13-17(16)19(3,4)5;/h2-10,12-14H,1H3;6-9,12-14H,11H2,1-5H3;/q2*-1;/i1D3;;. The van der Waals surface area contributed by atoms with Crippen molar-refractivity contribution in [2.24, 2.45) is 5.92 Å². The fourth-order valence-electron chi connectivity index (χ4n) is 5.85. The van der Waals surface area contributed by atoms with E-state index in [9.17, 15) is 4.39 Å². The fraction of sp³-hybridized carbons (Fsp3) is 0.190. The molecule has 0 spiro atoms. The summed E-state index contributed by atoms with van der Waals surface area (Å²) in [6.07, 6.45) is 4.68. The van der Waals surface area contributed by atoms with Crippen LogP contribution < -0.4 is 4.40 Å². The van der Waals surface area contributed by atoms with Gasteiger partial charge in [0.15, 0.2) is 0 Å². The number of aromatic nitrogens is 2. The first-order chi connectivity index (χ1) is 23.8. The molecule has 245 valence electrons. The van der Waals surface area contributed by atoms with Crippen molar-refractivity contribution in [2.75, 3.05) is 0 Å². The summed E-state index contributed by atoms with van der Waals surface area (Å²) in [6, 6.07) is 36.8. The molecule has 0 saturated carbocycles. The third kappa shape index (κ3) is 7.87. The third-order valence-corrected chi connectivity index (χ3v) is 13.6. The van der Waals surface area contributed by atoms with E-state index < -0.39 is 20.1 Å². The smallest absolute Gasteiger partial charge is 0.0470 e. The van der Waals surface area contributed by atoms with Crippen LogP contribution in [0, 0.1) is 30.7 Å². The molecule has 0 aliphatic rings. The number of nitrogens with zero attached hydrogens (tertiary/aromatic N) is 2. The third-order valence-electron chi connectivity index (χ3n) is 8.06. The van der Waals surface area contributed by atoms with Crippen molar-refractivity contribution in [1.82, 2.24) is 9.97 Å². The Morgan fingerprint density at radius 2 is 1.60 bits per heavy atom. The number of pyridine rings is 2. The van der Waals surface area contributed by atoms with E-state index in [-0.39, 0.29) is 31.5 Å². The molecule has 6 heteroatoms. The molecule has 7 rings (SSSR count). The monoisotopic (exact) mass is 892 g/mol. The molecular formula is C42H39FGeIrN2S-2. The number of halogens is 1. The average Bonchev–Trinajstić information content (AvgIpc) is 3.49. The van der Waals surface area contributed by atoms with Gasteiger partial charge < -0.3 is 4.98 Å². The minimum Gasteiger partial charge on any atom is -0.304 e. The molecule has 0 atom stereocenters. The van der Waals surface area contributed by atoms with E-state index >= 15 is 0 Å². The maximum absolute atomic E-state index is 14.7. The molecule has 0 N–H and O–H groups in total. The van der Waals surface area contributed by atoms with Gasteiger partial charge in [-0.05, 0) is 50.8 Å². The second kappa shape index (κ2) is 15.4. The van der Waals surface area contributed by atoms with Crippen LogP contribution in [-0.4, -0.2) is 23.2 Å². The Bertz CT molecular complexity index is 2270. The van der Waals surface area contributed by atoms with Crippen molar-refractivity contribution in [3.8, 4) is 33.6 Å². The molecule has 0 unspecified atom stereocenters. The molecule has 0 saturated heterocycles. The van der Waals surface area contributed by atoms with Gasteiger partial charge in [0.1, 0.15) is 0 Å². The van der Waals surface area contributed by atoms with Gasteiger partial charge in [-0.1, -0.05) is 54.6 Å². The predicted molar refractivity (Wildman–Crippen MR) is 202 cm³/mol. The van der Waals surface area contributed by atoms with Gasteiger partial charge in [0.25, 0.3) is 0 Å². The van der Waals surface area contributed by atoms with Gasteiger partial charge in [-0.3, -0.25) is 4.39 Å². The van der Waals surface area contributed by atoms with Gasteiger partial charge in [0.05, 0.1) is 0 Å². The van der Waals surface area contributed by atoms with Crippen molar-refractivity contribution < 1.29 is 28.6 Å². The molecular weight excluding hydrogens is 848 g/mol. The van der Waals surface area contributed by atoms with Gasteiger partial charge in [0, 0.05) is 40.9 Å². The molecule has 0 bridgehead atoms. The molecule has 1 radical (unpaired) electrons. The predicted octanol–water partition coefficient (Wildman–Crippen LogP) is 11.3. The number of thiophene rings is 1. The van der Waals surface area contributed by atoms with Gasteiger partial charge in [-0.15, -0.1) is 17.7 Å². The summed E-state index contributed by atoms with van der Waals surface area (Å²) in [4.78, 5) is 9.14. The van der Waals surface area contributed by atoms with Crippen molar-refractivity contribution >= 4 is 49.2 Å². The maximum Gasteiger partial charge on any atom is 0.0470 e. The Balaban J connectivity index is 0.000000211. The molecule has 3 heterocycles. The summed E-state index contributed by atoms with van der Waals surface area (Å²) in [5.41, 5.74) is 6.44. The van der Waals surface area contributed by atoms with E-state index in [1.165, 1.54) is 29.2 Å². The van der Waals surface area contributed by atoms with Crippen LogP contribution in [0.5, 0.6) is 0 Å². The Hall–Kier alpha value is -3.48. The Morgan fingerprint density at radius 1 is 0.875 bits per heavy atom. The first-order valence-corrected chi connectivity index (χ1v) is 24.0. The summed E-state index contributed by atoms with van der Waals surface area (Å²) >= 11 is -0.372. The Kier molecular flexibility index (Phi) is 10.2. The quantitative estimate of drug-likeness (QED) is 0.123. The second-order valence-corrected chi connectivity index (χ2v) is 24.8. The summed E-state index contributed by atoms with van der Waals surface area (Å²) in [6.45, 7) is 2.28. The van der Waals surface area contributed by atoms with Gasteiger partial charge in [-0.25, -0.2) is 0 Å². The van der Waals surface area contributed by atoms with E-state index in [4.69, 9.17) is 9.10 Å². The average molecular weight is 891 g/mol. The minimum absolute atomic E-state index is 0. The van der Waals surface area contributed by atoms with Gasteiger partial charge >= 0.3 is 126 Å². The molecule has 0 fully saturated rings. The van der Waals surface area contributed by atoms with Crippen LogP contribution in [0.3, 0.4) is 0 Å². The summed E-state index contributed by atoms with van der Waals surface area (Å²) < 4.78 is 41.7. The fourth-order valence-corrected chi connectivity index (χ4v) is 10.4. The Morgan fingerprint density at radius 3 is 2.31 bits per heavy atom. The summed E-state index contributed by atoms with van der Waals surface area (Å²) in [5, 5.41) is 1.40. The molecule has 4 aromatic carbocycles.